The van der Waals surface area contributed by atoms with Crippen LogP contribution in [0, 0.1) is 17.2 Å². The number of amides is 2. The monoisotopic (exact) mass is 348 g/mol. The van der Waals surface area contributed by atoms with Crippen molar-refractivity contribution in [3.63, 3.8) is 0 Å². The number of likely N-dealkylation sites (N-methyl/N-ethyl adjacent to an activating group) is 1. The third kappa shape index (κ3) is 2.92. The minimum absolute atomic E-state index is 0.0301. The first-order chi connectivity index (χ1) is 11.8. The number of nitrogens with zero attached hydrogens (tertiary/aromatic N) is 1. The molecule has 1 heterocycles. The van der Waals surface area contributed by atoms with Crippen molar-refractivity contribution in [3.8, 4) is 0 Å². The fourth-order valence-corrected chi connectivity index (χ4v) is 4.47. The molecule has 1 saturated heterocycles. The van der Waals surface area contributed by atoms with Crippen LogP contribution in [0.25, 0.3) is 0 Å². The highest BCUT2D eigenvalue weighted by molar-refractivity contribution is 6.39. The molecule has 3 rings (SSSR count). The minimum Gasteiger partial charge on any atom is -0.377 e. The Bertz CT molecular complexity index is 704. The number of benzene rings is 1. The van der Waals surface area contributed by atoms with Gasteiger partial charge < -0.3 is 15.0 Å². The summed E-state index contributed by atoms with van der Waals surface area (Å²) in [6.07, 6.45) is 1.62. The van der Waals surface area contributed by atoms with Crippen molar-refractivity contribution in [1.82, 2.24) is 4.90 Å². The normalized spacial score (nSPS) is 26.5. The third-order valence-corrected chi connectivity index (χ3v) is 5.66. The van der Waals surface area contributed by atoms with Crippen molar-refractivity contribution in [2.45, 2.75) is 45.8 Å². The number of anilines is 1. The average Bonchev–Trinajstić information content (AvgIpc) is 3.00. The summed E-state index contributed by atoms with van der Waals surface area (Å²) in [6.45, 7) is 6.68. The fourth-order valence-electron chi connectivity index (χ4n) is 4.47. The van der Waals surface area contributed by atoms with Crippen molar-refractivity contribution < 1.29 is 18.7 Å². The molecule has 2 amide bonds. The van der Waals surface area contributed by atoms with Crippen LogP contribution >= 0.6 is 0 Å². The van der Waals surface area contributed by atoms with E-state index in [2.05, 4.69) is 19.2 Å². The maximum Gasteiger partial charge on any atom is 0.313 e. The molecule has 1 saturated carbocycles. The number of nitrogens with one attached hydrogen (secondary N) is 1. The second-order valence-corrected chi connectivity index (χ2v) is 7.54. The van der Waals surface area contributed by atoms with Crippen LogP contribution < -0.4 is 5.32 Å². The zero-order valence-electron chi connectivity index (χ0n) is 15.1. The Labute approximate surface area is 147 Å². The van der Waals surface area contributed by atoms with Gasteiger partial charge in [0.2, 0.25) is 0 Å². The molecule has 0 unspecified atom stereocenters. The number of aryl methyl sites for hydroxylation is 1. The van der Waals surface area contributed by atoms with Crippen molar-refractivity contribution >= 4 is 17.5 Å². The lowest BCUT2D eigenvalue weighted by Gasteiger charge is -2.57. The molecule has 1 aliphatic carbocycles. The summed E-state index contributed by atoms with van der Waals surface area (Å²) < 4.78 is 19.6. The Morgan fingerprint density at radius 2 is 2.12 bits per heavy atom. The van der Waals surface area contributed by atoms with Crippen LogP contribution in [0.15, 0.2) is 18.2 Å². The van der Waals surface area contributed by atoms with Gasteiger partial charge in [0.05, 0.1) is 6.10 Å². The van der Waals surface area contributed by atoms with Gasteiger partial charge in [-0.05, 0) is 30.5 Å². The summed E-state index contributed by atoms with van der Waals surface area (Å²) in [5.74, 6) is -1.46. The highest BCUT2D eigenvalue weighted by atomic mass is 19.1. The fraction of sp³-hybridized carbons (Fsp3) is 0.579. The van der Waals surface area contributed by atoms with E-state index < -0.39 is 11.8 Å². The molecule has 136 valence electrons. The number of fused-ring (bicyclic) bond motifs is 1. The van der Waals surface area contributed by atoms with Gasteiger partial charge in [-0.15, -0.1) is 0 Å². The lowest BCUT2D eigenvalue weighted by atomic mass is 9.57. The highest BCUT2D eigenvalue weighted by Gasteiger charge is 2.61. The largest absolute Gasteiger partial charge is 0.377 e. The molecule has 0 radical (unpaired) electrons. The standard InChI is InChI=1S/C19H25FN2O3/c1-5-11-6-7-12(10-14(11)20)21-17(23)18(24)22(4)15-13-8-9-25-16(13)19(15,2)3/h6-7,10,13,15-16H,5,8-9H2,1-4H3,(H,21,23)/t13-,15+,16-/m0/s1. The third-order valence-electron chi connectivity index (χ3n) is 5.66. The summed E-state index contributed by atoms with van der Waals surface area (Å²) in [4.78, 5) is 26.4. The van der Waals surface area contributed by atoms with Gasteiger partial charge in [-0.25, -0.2) is 4.39 Å². The molecule has 1 aromatic carbocycles. The van der Waals surface area contributed by atoms with E-state index >= 15 is 0 Å². The van der Waals surface area contributed by atoms with Crippen LogP contribution in [0.2, 0.25) is 0 Å². The number of carbonyl (C=O) groups is 2. The maximum atomic E-state index is 13.8. The molecule has 5 nitrogen and oxygen atoms in total. The predicted molar refractivity (Wildman–Crippen MR) is 92.6 cm³/mol. The Morgan fingerprint density at radius 3 is 2.76 bits per heavy atom. The summed E-state index contributed by atoms with van der Waals surface area (Å²) in [5, 5.41) is 2.50. The maximum absolute atomic E-state index is 13.8. The summed E-state index contributed by atoms with van der Waals surface area (Å²) in [6, 6.07) is 4.45. The molecule has 2 fully saturated rings. The molecule has 2 aliphatic rings. The summed E-state index contributed by atoms with van der Waals surface area (Å²) >= 11 is 0. The number of hydrogen-bond donors (Lipinski definition) is 1. The van der Waals surface area contributed by atoms with Crippen LogP contribution in [0.3, 0.4) is 0 Å². The van der Waals surface area contributed by atoms with E-state index in [-0.39, 0.29) is 35.0 Å². The van der Waals surface area contributed by atoms with Crippen LogP contribution in [-0.2, 0) is 20.7 Å². The van der Waals surface area contributed by atoms with E-state index in [0.29, 0.717) is 18.6 Å². The lowest BCUT2D eigenvalue weighted by molar-refractivity contribution is -0.169. The molecular weight excluding hydrogens is 323 g/mol. The van der Waals surface area contributed by atoms with Crippen LogP contribution in [-0.4, -0.2) is 42.5 Å². The lowest BCUT2D eigenvalue weighted by Crippen LogP contribution is -2.67. The van der Waals surface area contributed by atoms with Gasteiger partial charge in [-0.3, -0.25) is 9.59 Å². The first-order valence-electron chi connectivity index (χ1n) is 8.75. The second-order valence-electron chi connectivity index (χ2n) is 7.54. The number of rotatable bonds is 3. The van der Waals surface area contributed by atoms with E-state index in [1.165, 1.54) is 11.0 Å². The van der Waals surface area contributed by atoms with Gasteiger partial charge in [-0.1, -0.05) is 26.8 Å². The van der Waals surface area contributed by atoms with Gasteiger partial charge in [0, 0.05) is 36.7 Å². The molecule has 0 spiro atoms. The summed E-state index contributed by atoms with van der Waals surface area (Å²) in [5.41, 5.74) is 0.683. The number of carbonyl (C=O) groups excluding carboxylic acids is 2. The molecule has 3 atom stereocenters. The average molecular weight is 348 g/mol. The predicted octanol–water partition coefficient (Wildman–Crippen LogP) is 2.60. The first kappa shape index (κ1) is 17.9. The number of ether oxygens (including phenoxy) is 1. The van der Waals surface area contributed by atoms with Crippen LogP contribution in [0.5, 0.6) is 0 Å². The topological polar surface area (TPSA) is 58.6 Å². The van der Waals surface area contributed by atoms with E-state index in [4.69, 9.17) is 4.74 Å². The zero-order valence-corrected chi connectivity index (χ0v) is 15.1. The molecular formula is C19H25FN2O3. The summed E-state index contributed by atoms with van der Waals surface area (Å²) in [7, 11) is 1.66. The second kappa shape index (κ2) is 6.41. The number of hydrogen-bond acceptors (Lipinski definition) is 3. The van der Waals surface area contributed by atoms with Crippen molar-refractivity contribution in [2.24, 2.45) is 11.3 Å². The van der Waals surface area contributed by atoms with Gasteiger partial charge >= 0.3 is 11.8 Å². The molecule has 1 N–H and O–H groups in total. The van der Waals surface area contributed by atoms with E-state index in [1.807, 2.05) is 6.92 Å². The van der Waals surface area contributed by atoms with Gasteiger partial charge in [0.25, 0.3) is 0 Å². The van der Waals surface area contributed by atoms with Gasteiger partial charge in [-0.2, -0.15) is 0 Å². The Kier molecular flexibility index (Phi) is 4.58. The van der Waals surface area contributed by atoms with Gasteiger partial charge in [0.15, 0.2) is 0 Å². The molecule has 6 heteroatoms. The quantitative estimate of drug-likeness (QED) is 0.854. The van der Waals surface area contributed by atoms with E-state index in [0.717, 1.165) is 6.42 Å². The molecule has 1 aromatic rings. The van der Waals surface area contributed by atoms with Gasteiger partial charge in [0.1, 0.15) is 5.82 Å². The van der Waals surface area contributed by atoms with E-state index in [9.17, 15) is 14.0 Å². The Hall–Kier alpha value is -1.95. The first-order valence-corrected chi connectivity index (χ1v) is 8.75. The molecule has 1 aliphatic heterocycles. The number of halogens is 1. The van der Waals surface area contributed by atoms with Crippen molar-refractivity contribution in [2.75, 3.05) is 19.0 Å². The zero-order chi connectivity index (χ0) is 18.4. The highest BCUT2D eigenvalue weighted by Crippen LogP contribution is 2.54. The smallest absolute Gasteiger partial charge is 0.313 e. The van der Waals surface area contributed by atoms with Crippen LogP contribution in [0.1, 0.15) is 32.8 Å². The van der Waals surface area contributed by atoms with E-state index in [1.54, 1.807) is 19.2 Å². The Balaban J connectivity index is 1.68. The van der Waals surface area contributed by atoms with Crippen molar-refractivity contribution in [3.05, 3.63) is 29.6 Å². The van der Waals surface area contributed by atoms with Crippen LogP contribution in [0.4, 0.5) is 10.1 Å². The minimum atomic E-state index is -0.746. The molecule has 0 bridgehead atoms. The molecule has 0 aromatic heterocycles. The Morgan fingerprint density at radius 1 is 1.40 bits per heavy atom. The SMILES string of the molecule is CCc1ccc(NC(=O)C(=O)N(C)[C@@H]2[C@@H]3CCO[C@@H]3C2(C)C)cc1F. The molecule has 25 heavy (non-hydrogen) atoms. The van der Waals surface area contributed by atoms with Crippen molar-refractivity contribution in [1.29, 1.82) is 0 Å².